The van der Waals surface area contributed by atoms with Crippen LogP contribution in [0.3, 0.4) is 0 Å². The van der Waals surface area contributed by atoms with Crippen molar-refractivity contribution in [3.63, 3.8) is 0 Å². The van der Waals surface area contributed by atoms with E-state index >= 15 is 0 Å². The smallest absolute Gasteiger partial charge is 0.294 e. The Morgan fingerprint density at radius 3 is 2.82 bits per heavy atom. The van der Waals surface area contributed by atoms with Crippen LogP contribution >= 0.6 is 11.3 Å². The van der Waals surface area contributed by atoms with Crippen molar-refractivity contribution >= 4 is 39.8 Å². The van der Waals surface area contributed by atoms with Crippen LogP contribution in [0.2, 0.25) is 0 Å². The van der Waals surface area contributed by atoms with Crippen LogP contribution in [0, 0.1) is 0 Å². The molecular weight excluding hydrogens is 302 g/mol. The maximum absolute atomic E-state index is 12.2. The standard InChI is InChI=1S/C14H13N5O2S/c1-9-13(21)19(10-5-3-2-4-6-10)18-11(16-9)12(20)17-14-15-7-8-22-14/h2-9H,1H3,(H,16,18)(H,15,17,20)/t9-/m0/s1. The van der Waals surface area contributed by atoms with E-state index in [9.17, 15) is 9.59 Å². The minimum absolute atomic E-state index is 0.0751. The summed E-state index contributed by atoms with van der Waals surface area (Å²) in [6.45, 7) is 1.65. The third-order valence-corrected chi connectivity index (χ3v) is 3.69. The Bertz CT molecular complexity index is 714. The number of aromatic nitrogens is 1. The van der Waals surface area contributed by atoms with Gasteiger partial charge in [0, 0.05) is 11.6 Å². The molecule has 0 radical (unpaired) electrons. The number of benzene rings is 1. The molecule has 0 unspecified atom stereocenters. The molecule has 0 saturated heterocycles. The first-order valence-electron chi connectivity index (χ1n) is 6.59. The van der Waals surface area contributed by atoms with Crippen molar-refractivity contribution < 1.29 is 9.59 Å². The molecule has 1 atom stereocenters. The highest BCUT2D eigenvalue weighted by Gasteiger charge is 2.30. The van der Waals surface area contributed by atoms with Crippen molar-refractivity contribution in [1.29, 1.82) is 0 Å². The first-order valence-corrected chi connectivity index (χ1v) is 7.47. The van der Waals surface area contributed by atoms with E-state index in [1.54, 1.807) is 30.6 Å². The summed E-state index contributed by atoms with van der Waals surface area (Å²) in [4.78, 5) is 32.5. The molecule has 2 heterocycles. The Labute approximate surface area is 130 Å². The number of para-hydroxylation sites is 1. The van der Waals surface area contributed by atoms with Crippen molar-refractivity contribution in [2.75, 3.05) is 10.3 Å². The molecule has 8 heteroatoms. The second-order valence-corrected chi connectivity index (χ2v) is 5.46. The van der Waals surface area contributed by atoms with Gasteiger partial charge in [-0.3, -0.25) is 20.3 Å². The van der Waals surface area contributed by atoms with Crippen molar-refractivity contribution in [2.45, 2.75) is 13.0 Å². The molecule has 0 bridgehead atoms. The maximum atomic E-state index is 12.2. The van der Waals surface area contributed by atoms with Gasteiger partial charge >= 0.3 is 0 Å². The van der Waals surface area contributed by atoms with Crippen LogP contribution in [0.1, 0.15) is 6.92 Å². The minimum Gasteiger partial charge on any atom is -0.295 e. The number of hydrazine groups is 1. The van der Waals surface area contributed by atoms with Crippen molar-refractivity contribution in [2.24, 2.45) is 4.99 Å². The first-order chi connectivity index (χ1) is 10.6. The van der Waals surface area contributed by atoms with E-state index in [2.05, 4.69) is 20.7 Å². The molecule has 1 aliphatic rings. The highest BCUT2D eigenvalue weighted by atomic mass is 32.1. The Balaban J connectivity index is 1.82. The number of nitrogens with one attached hydrogen (secondary N) is 2. The lowest BCUT2D eigenvalue weighted by Crippen LogP contribution is -2.57. The molecule has 7 nitrogen and oxygen atoms in total. The van der Waals surface area contributed by atoms with Gasteiger partial charge in [0.25, 0.3) is 11.8 Å². The number of hydrogen-bond acceptors (Lipinski definition) is 6. The summed E-state index contributed by atoms with van der Waals surface area (Å²) in [5.74, 6) is -0.585. The van der Waals surface area contributed by atoms with Gasteiger partial charge in [0.15, 0.2) is 5.13 Å². The summed E-state index contributed by atoms with van der Waals surface area (Å²) < 4.78 is 0. The Morgan fingerprint density at radius 2 is 2.14 bits per heavy atom. The van der Waals surface area contributed by atoms with Gasteiger partial charge in [-0.15, -0.1) is 11.3 Å². The van der Waals surface area contributed by atoms with Crippen molar-refractivity contribution in [3.05, 3.63) is 41.9 Å². The third-order valence-electron chi connectivity index (χ3n) is 3.00. The number of aliphatic imine (C=N–C) groups is 1. The van der Waals surface area contributed by atoms with E-state index in [0.717, 1.165) is 0 Å². The second-order valence-electron chi connectivity index (χ2n) is 4.57. The van der Waals surface area contributed by atoms with Crippen LogP contribution < -0.4 is 15.8 Å². The van der Waals surface area contributed by atoms with Crippen LogP contribution in [0.15, 0.2) is 46.9 Å². The van der Waals surface area contributed by atoms with E-state index in [1.165, 1.54) is 16.3 Å². The molecule has 1 aromatic heterocycles. The normalized spacial score (nSPS) is 17.7. The fourth-order valence-electron chi connectivity index (χ4n) is 1.95. The Kier molecular flexibility index (Phi) is 3.84. The summed E-state index contributed by atoms with van der Waals surface area (Å²) in [6, 6.07) is 8.40. The first kappa shape index (κ1) is 14.2. The zero-order valence-electron chi connectivity index (χ0n) is 11.7. The number of amidine groups is 1. The third kappa shape index (κ3) is 2.82. The fraction of sp³-hybridized carbons (Fsp3) is 0.143. The van der Waals surface area contributed by atoms with E-state index in [1.807, 2.05) is 18.2 Å². The molecule has 1 aliphatic heterocycles. The molecule has 112 valence electrons. The molecule has 2 amide bonds. The number of hydrogen-bond donors (Lipinski definition) is 2. The van der Waals surface area contributed by atoms with Crippen molar-refractivity contribution in [1.82, 2.24) is 10.4 Å². The number of amides is 2. The highest BCUT2D eigenvalue weighted by Crippen LogP contribution is 2.16. The van der Waals surface area contributed by atoms with Crippen LogP contribution in [-0.4, -0.2) is 28.7 Å². The quantitative estimate of drug-likeness (QED) is 0.897. The molecule has 22 heavy (non-hydrogen) atoms. The van der Waals surface area contributed by atoms with Gasteiger partial charge in [0.1, 0.15) is 6.04 Å². The summed E-state index contributed by atoms with van der Waals surface area (Å²) in [6.07, 6.45) is 1.60. The second kappa shape index (κ2) is 5.94. The predicted molar refractivity (Wildman–Crippen MR) is 84.7 cm³/mol. The Morgan fingerprint density at radius 1 is 1.36 bits per heavy atom. The van der Waals surface area contributed by atoms with E-state index in [4.69, 9.17) is 0 Å². The molecule has 0 saturated carbocycles. The van der Waals surface area contributed by atoms with Crippen LogP contribution in [0.25, 0.3) is 0 Å². The molecule has 3 rings (SSSR count). The largest absolute Gasteiger partial charge is 0.295 e. The topological polar surface area (TPSA) is 86.7 Å². The van der Waals surface area contributed by atoms with Crippen molar-refractivity contribution in [3.8, 4) is 0 Å². The van der Waals surface area contributed by atoms with Gasteiger partial charge < -0.3 is 0 Å². The zero-order valence-corrected chi connectivity index (χ0v) is 12.5. The van der Waals surface area contributed by atoms with E-state index < -0.39 is 11.9 Å². The average Bonchev–Trinajstić information content (AvgIpc) is 3.03. The molecule has 1 aromatic carbocycles. The lowest BCUT2D eigenvalue weighted by molar-refractivity contribution is -0.120. The summed E-state index contributed by atoms with van der Waals surface area (Å²) >= 11 is 1.31. The SMILES string of the molecule is C[C@@H]1N=C(C(=O)Nc2nccs2)NN(c2ccccc2)C1=O. The monoisotopic (exact) mass is 315 g/mol. The molecule has 2 N–H and O–H groups in total. The van der Waals surface area contributed by atoms with Gasteiger partial charge in [-0.05, 0) is 19.1 Å². The predicted octanol–water partition coefficient (Wildman–Crippen LogP) is 1.42. The summed E-state index contributed by atoms with van der Waals surface area (Å²) in [7, 11) is 0. The number of nitrogens with zero attached hydrogens (tertiary/aromatic N) is 3. The molecule has 0 fully saturated rings. The van der Waals surface area contributed by atoms with Gasteiger partial charge in [0.05, 0.1) is 5.69 Å². The summed E-state index contributed by atoms with van der Waals surface area (Å²) in [5, 5.41) is 6.20. The molecule has 0 aliphatic carbocycles. The van der Waals surface area contributed by atoms with E-state index in [-0.39, 0.29) is 11.7 Å². The van der Waals surface area contributed by atoms with Gasteiger partial charge in [0.2, 0.25) is 5.84 Å². The number of carbonyl (C=O) groups excluding carboxylic acids is 2. The number of rotatable bonds is 3. The maximum Gasteiger partial charge on any atom is 0.294 e. The number of thiazole rings is 1. The van der Waals surface area contributed by atoms with E-state index in [0.29, 0.717) is 10.8 Å². The zero-order chi connectivity index (χ0) is 15.5. The number of anilines is 2. The highest BCUT2D eigenvalue weighted by molar-refractivity contribution is 7.13. The van der Waals surface area contributed by atoms with Crippen LogP contribution in [0.5, 0.6) is 0 Å². The van der Waals surface area contributed by atoms with Gasteiger partial charge in [-0.25, -0.2) is 15.0 Å². The molecule has 0 spiro atoms. The lowest BCUT2D eigenvalue weighted by atomic mass is 10.2. The summed E-state index contributed by atoms with van der Waals surface area (Å²) in [5.41, 5.74) is 3.41. The fourth-order valence-corrected chi connectivity index (χ4v) is 2.47. The molecular formula is C14H13N5O2S. The van der Waals surface area contributed by atoms with Crippen LogP contribution in [-0.2, 0) is 9.59 Å². The van der Waals surface area contributed by atoms with Gasteiger partial charge in [-0.1, -0.05) is 18.2 Å². The van der Waals surface area contributed by atoms with Crippen LogP contribution in [0.4, 0.5) is 10.8 Å². The average molecular weight is 315 g/mol. The number of carbonyl (C=O) groups is 2. The Hall–Kier alpha value is -2.74. The minimum atomic E-state index is -0.640. The lowest BCUT2D eigenvalue weighted by Gasteiger charge is -2.30. The molecule has 2 aromatic rings. The van der Waals surface area contributed by atoms with Gasteiger partial charge in [-0.2, -0.15) is 0 Å².